The summed E-state index contributed by atoms with van der Waals surface area (Å²) in [5.41, 5.74) is 3.52. The number of aromatic amines is 1. The van der Waals surface area contributed by atoms with Gasteiger partial charge in [-0.1, -0.05) is 31.8 Å². The van der Waals surface area contributed by atoms with Crippen LogP contribution in [0.15, 0.2) is 30.6 Å². The third-order valence-electron chi connectivity index (χ3n) is 7.57. The largest absolute Gasteiger partial charge is 0.361 e. The molecule has 1 amide bonds. The zero-order valence-corrected chi connectivity index (χ0v) is 26.3. The third kappa shape index (κ3) is 6.88. The summed E-state index contributed by atoms with van der Waals surface area (Å²) in [6.45, 7) is 9.01. The molecular formula is C28H37FN6O5SSi. The molecule has 0 spiro atoms. The van der Waals surface area contributed by atoms with E-state index in [4.69, 9.17) is 13.9 Å². The second-order valence-corrected chi connectivity index (χ2v) is 19.5. The fourth-order valence-corrected chi connectivity index (χ4v) is 6.47. The molecule has 3 heterocycles. The van der Waals surface area contributed by atoms with Crippen LogP contribution in [0.4, 0.5) is 4.39 Å². The van der Waals surface area contributed by atoms with E-state index < -0.39 is 24.9 Å². The van der Waals surface area contributed by atoms with Gasteiger partial charge in [0.1, 0.15) is 30.3 Å². The monoisotopic (exact) mass is 616 g/mol. The highest BCUT2D eigenvalue weighted by molar-refractivity contribution is 7.86. The molecule has 0 bridgehead atoms. The van der Waals surface area contributed by atoms with Crippen molar-refractivity contribution in [1.29, 1.82) is 0 Å². The number of carbonyl (C=O) groups is 1. The molecule has 1 aliphatic rings. The predicted octanol–water partition coefficient (Wildman–Crippen LogP) is 4.63. The summed E-state index contributed by atoms with van der Waals surface area (Å²) in [6.07, 6.45) is 5.08. The quantitative estimate of drug-likeness (QED) is 0.133. The molecule has 2 N–H and O–H groups in total. The van der Waals surface area contributed by atoms with Crippen molar-refractivity contribution in [1.82, 2.24) is 30.0 Å². The number of H-pyrrole nitrogens is 1. The van der Waals surface area contributed by atoms with E-state index in [1.807, 2.05) is 6.92 Å². The number of aromatic nitrogens is 5. The lowest BCUT2D eigenvalue weighted by molar-refractivity contribution is 0.0506. The molecule has 1 aliphatic carbocycles. The maximum atomic E-state index is 13.6. The number of nitrogens with one attached hydrogen (secondary N) is 2. The number of ether oxygens (including phenoxy) is 1. The summed E-state index contributed by atoms with van der Waals surface area (Å²) in [6, 6.07) is 6.00. The van der Waals surface area contributed by atoms with E-state index >= 15 is 0 Å². The van der Waals surface area contributed by atoms with Crippen molar-refractivity contribution < 1.29 is 26.5 Å². The minimum atomic E-state index is -3.52. The zero-order chi connectivity index (χ0) is 30.2. The fraction of sp³-hybridized carbons (Fsp3) is 0.500. The van der Waals surface area contributed by atoms with Crippen molar-refractivity contribution in [3.63, 3.8) is 0 Å². The molecule has 0 aliphatic heterocycles. The van der Waals surface area contributed by atoms with Gasteiger partial charge in [-0.2, -0.15) is 13.5 Å². The van der Waals surface area contributed by atoms with Crippen LogP contribution in [-0.4, -0.2) is 72.1 Å². The number of hydrogen-bond donors (Lipinski definition) is 2. The van der Waals surface area contributed by atoms with E-state index in [9.17, 15) is 17.6 Å². The number of amides is 1. The number of fused-ring (bicyclic) bond motifs is 2. The molecule has 14 heteroatoms. The molecule has 0 saturated heterocycles. The molecule has 1 atom stereocenters. The Balaban J connectivity index is 1.41. The Morgan fingerprint density at radius 2 is 2.05 bits per heavy atom. The van der Waals surface area contributed by atoms with Crippen LogP contribution < -0.4 is 5.32 Å². The second-order valence-electron chi connectivity index (χ2n) is 12.3. The van der Waals surface area contributed by atoms with Gasteiger partial charge >= 0.3 is 0 Å². The van der Waals surface area contributed by atoms with E-state index in [0.29, 0.717) is 58.6 Å². The average Bonchev–Trinajstić information content (AvgIpc) is 3.48. The van der Waals surface area contributed by atoms with Gasteiger partial charge in [0, 0.05) is 32.3 Å². The van der Waals surface area contributed by atoms with E-state index in [-0.39, 0.29) is 30.7 Å². The van der Waals surface area contributed by atoms with Crippen molar-refractivity contribution >= 4 is 46.2 Å². The van der Waals surface area contributed by atoms with Crippen LogP contribution in [-0.2, 0) is 32.4 Å². The van der Waals surface area contributed by atoms with Gasteiger partial charge in [-0.3, -0.25) is 14.1 Å². The number of benzene rings is 1. The van der Waals surface area contributed by atoms with Crippen molar-refractivity contribution in [3.05, 3.63) is 41.7 Å². The van der Waals surface area contributed by atoms with E-state index in [2.05, 4.69) is 40.1 Å². The van der Waals surface area contributed by atoms with Gasteiger partial charge in [-0.25, -0.2) is 14.4 Å². The maximum Gasteiger partial charge on any atom is 0.264 e. The minimum Gasteiger partial charge on any atom is -0.361 e. The number of hydrogen-bond acceptors (Lipinski definition) is 8. The van der Waals surface area contributed by atoms with Crippen LogP contribution in [0, 0.1) is 5.92 Å². The molecule has 4 aromatic rings. The summed E-state index contributed by atoms with van der Waals surface area (Å²) in [5.74, 6) is -0.225. The zero-order valence-electron chi connectivity index (χ0n) is 24.5. The summed E-state index contributed by atoms with van der Waals surface area (Å²) < 4.78 is 48.8. The molecule has 1 unspecified atom stereocenters. The highest BCUT2D eigenvalue weighted by atomic mass is 32.2. The number of nitrogens with zero attached hydrogens (tertiary/aromatic N) is 4. The van der Waals surface area contributed by atoms with Gasteiger partial charge in [-0.15, -0.1) is 0 Å². The average molecular weight is 617 g/mol. The van der Waals surface area contributed by atoms with Crippen molar-refractivity contribution in [2.24, 2.45) is 5.92 Å². The molecule has 11 nitrogen and oxygen atoms in total. The van der Waals surface area contributed by atoms with Gasteiger partial charge in [0.15, 0.2) is 5.65 Å². The molecule has 226 valence electrons. The Morgan fingerprint density at radius 1 is 1.29 bits per heavy atom. The second kappa shape index (κ2) is 11.8. The van der Waals surface area contributed by atoms with Gasteiger partial charge < -0.3 is 14.6 Å². The van der Waals surface area contributed by atoms with Crippen LogP contribution >= 0.6 is 0 Å². The molecule has 1 saturated carbocycles. The summed E-state index contributed by atoms with van der Waals surface area (Å²) in [5, 5.41) is 11.2. The molecule has 0 radical (unpaired) electrons. The lowest BCUT2D eigenvalue weighted by atomic mass is 9.78. The van der Waals surface area contributed by atoms with Crippen LogP contribution in [0.5, 0.6) is 0 Å². The van der Waals surface area contributed by atoms with Crippen LogP contribution in [0.2, 0.25) is 25.7 Å². The molecule has 1 aromatic carbocycles. The summed E-state index contributed by atoms with van der Waals surface area (Å²) in [7, 11) is -4.79. The first kappa shape index (κ1) is 30.3. The normalized spacial score (nSPS) is 18.3. The van der Waals surface area contributed by atoms with Gasteiger partial charge in [-0.05, 0) is 43.4 Å². The van der Waals surface area contributed by atoms with Gasteiger partial charge in [0.25, 0.3) is 16.0 Å². The Morgan fingerprint density at radius 3 is 2.74 bits per heavy atom. The van der Waals surface area contributed by atoms with Gasteiger partial charge in [0.2, 0.25) is 0 Å². The third-order valence-corrected chi connectivity index (χ3v) is 9.89. The number of rotatable bonds is 12. The Kier molecular flexibility index (Phi) is 8.52. The standard InChI is InChI=1S/C28H37FN6O5SSi/c1-17(19-11-20(12-19)40-41(2,37)38)31-28(36)22-15-35(16-39-8-9-42(3,4)5)27-26(22)32-24(14-30-27)25-21-7-6-18(13-29)10-23(21)33-34-25/h6-7,10,14-15,17,19-20H,8-9,11-13,16H2,1-5H3,(H,31,36)(H,33,34). The lowest BCUT2D eigenvalue weighted by Crippen LogP contribution is -2.46. The number of halogens is 1. The first-order valence-electron chi connectivity index (χ1n) is 14.0. The molecular weight excluding hydrogens is 579 g/mol. The Hall–Kier alpha value is -3.20. The Labute approximate surface area is 245 Å². The predicted molar refractivity (Wildman–Crippen MR) is 161 cm³/mol. The maximum absolute atomic E-state index is 13.6. The number of carbonyl (C=O) groups excluding carboxylic acids is 1. The van der Waals surface area contributed by atoms with Crippen LogP contribution in [0.25, 0.3) is 33.5 Å². The summed E-state index contributed by atoms with van der Waals surface area (Å²) >= 11 is 0. The minimum absolute atomic E-state index is 0.0882. The lowest BCUT2D eigenvalue weighted by Gasteiger charge is -2.38. The van der Waals surface area contributed by atoms with Crippen molar-refractivity contribution in [3.8, 4) is 11.4 Å². The van der Waals surface area contributed by atoms with Gasteiger partial charge in [0.05, 0.1) is 29.6 Å². The molecule has 3 aromatic heterocycles. The number of alkyl halides is 1. The van der Waals surface area contributed by atoms with Crippen LogP contribution in [0.1, 0.15) is 35.7 Å². The first-order chi connectivity index (χ1) is 19.8. The van der Waals surface area contributed by atoms with E-state index in [1.165, 1.54) is 0 Å². The van der Waals surface area contributed by atoms with E-state index in [0.717, 1.165) is 17.7 Å². The van der Waals surface area contributed by atoms with Crippen LogP contribution in [0.3, 0.4) is 0 Å². The topological polar surface area (TPSA) is 141 Å². The highest BCUT2D eigenvalue weighted by Gasteiger charge is 2.37. The summed E-state index contributed by atoms with van der Waals surface area (Å²) in [4.78, 5) is 23.0. The van der Waals surface area contributed by atoms with Crippen molar-refractivity contribution in [2.75, 3.05) is 12.9 Å². The molecule has 1 fully saturated rings. The SMILES string of the molecule is CC(NC(=O)c1cn(COCC[Si](C)(C)C)c2ncc(-c3n[nH]c4cc(CF)ccc34)nc12)C1CC(OS(C)(=O)=O)C1. The molecule has 42 heavy (non-hydrogen) atoms. The van der Waals surface area contributed by atoms with Crippen molar-refractivity contribution in [2.45, 2.75) is 71.0 Å². The molecule has 5 rings (SSSR count). The first-order valence-corrected chi connectivity index (χ1v) is 19.5. The Bertz CT molecular complexity index is 1710. The smallest absolute Gasteiger partial charge is 0.264 e. The van der Waals surface area contributed by atoms with E-state index in [1.54, 1.807) is 35.2 Å². The fourth-order valence-electron chi connectivity index (χ4n) is 5.06. The highest BCUT2D eigenvalue weighted by Crippen LogP contribution is 2.34.